The molecule has 9 heavy (non-hydrogen) atoms. The standard InChI is InChI=1S/C6H11NO2/c1-7-5(6(8)9)4-2-3-4/h4-5,7H,2-3H2,1H3,(H,8,9)/t5-/m0/s1. The van der Waals surface area contributed by atoms with Gasteiger partial charge in [-0.25, -0.2) is 0 Å². The fraction of sp³-hybridized carbons (Fsp3) is 0.833. The Morgan fingerprint density at radius 2 is 2.33 bits per heavy atom. The van der Waals surface area contributed by atoms with E-state index >= 15 is 0 Å². The predicted octanol–water partition coefficient (Wildman–Crippen LogP) is 0.0690. The second kappa shape index (κ2) is 2.35. The molecule has 0 aromatic carbocycles. The molecule has 0 bridgehead atoms. The highest BCUT2D eigenvalue weighted by Gasteiger charge is 2.34. The van der Waals surface area contributed by atoms with E-state index in [4.69, 9.17) is 5.11 Å². The number of hydrogen-bond acceptors (Lipinski definition) is 2. The van der Waals surface area contributed by atoms with E-state index in [1.807, 2.05) is 0 Å². The minimum atomic E-state index is -0.722. The van der Waals surface area contributed by atoms with Crippen molar-refractivity contribution in [3.05, 3.63) is 0 Å². The quantitative estimate of drug-likeness (QED) is 0.567. The first kappa shape index (κ1) is 6.55. The van der Waals surface area contributed by atoms with Gasteiger partial charge in [0.05, 0.1) is 0 Å². The van der Waals surface area contributed by atoms with Gasteiger partial charge in [0.1, 0.15) is 6.04 Å². The van der Waals surface area contributed by atoms with Crippen molar-refractivity contribution in [2.75, 3.05) is 7.05 Å². The maximum atomic E-state index is 10.3. The Morgan fingerprint density at radius 3 is 2.44 bits per heavy atom. The Kier molecular flexibility index (Phi) is 1.71. The molecule has 0 radical (unpaired) electrons. The van der Waals surface area contributed by atoms with Crippen LogP contribution < -0.4 is 5.32 Å². The molecule has 3 nitrogen and oxygen atoms in total. The first-order valence-electron chi connectivity index (χ1n) is 3.15. The first-order valence-corrected chi connectivity index (χ1v) is 3.15. The number of rotatable bonds is 3. The van der Waals surface area contributed by atoms with Crippen LogP contribution in [0.15, 0.2) is 0 Å². The zero-order chi connectivity index (χ0) is 6.85. The summed E-state index contributed by atoms with van der Waals surface area (Å²) in [6.07, 6.45) is 2.13. The van der Waals surface area contributed by atoms with Crippen LogP contribution in [0, 0.1) is 5.92 Å². The summed E-state index contributed by atoms with van der Waals surface area (Å²) in [6, 6.07) is -0.301. The van der Waals surface area contributed by atoms with E-state index in [-0.39, 0.29) is 6.04 Å². The van der Waals surface area contributed by atoms with Crippen LogP contribution in [0.25, 0.3) is 0 Å². The molecule has 0 saturated heterocycles. The molecule has 2 N–H and O–H groups in total. The van der Waals surface area contributed by atoms with Gasteiger partial charge in [-0.05, 0) is 25.8 Å². The summed E-state index contributed by atoms with van der Waals surface area (Å²) >= 11 is 0. The molecule has 0 unspecified atom stereocenters. The van der Waals surface area contributed by atoms with E-state index in [0.29, 0.717) is 5.92 Å². The van der Waals surface area contributed by atoms with Crippen molar-refractivity contribution in [1.82, 2.24) is 5.32 Å². The molecule has 0 aliphatic heterocycles. The summed E-state index contributed by atoms with van der Waals surface area (Å²) in [4.78, 5) is 10.3. The molecule has 1 atom stereocenters. The molecule has 0 aromatic heterocycles. The van der Waals surface area contributed by atoms with Crippen molar-refractivity contribution in [3.8, 4) is 0 Å². The van der Waals surface area contributed by atoms with Crippen LogP contribution in [0.5, 0.6) is 0 Å². The van der Waals surface area contributed by atoms with Gasteiger partial charge in [0.25, 0.3) is 0 Å². The van der Waals surface area contributed by atoms with Gasteiger partial charge in [-0.15, -0.1) is 0 Å². The number of carboxylic acids is 1. The minimum absolute atomic E-state index is 0.301. The van der Waals surface area contributed by atoms with E-state index in [1.54, 1.807) is 7.05 Å². The van der Waals surface area contributed by atoms with E-state index in [0.717, 1.165) is 12.8 Å². The highest BCUT2D eigenvalue weighted by Crippen LogP contribution is 2.32. The minimum Gasteiger partial charge on any atom is -0.480 e. The molecule has 1 saturated carbocycles. The van der Waals surface area contributed by atoms with Crippen LogP contribution in [-0.2, 0) is 4.79 Å². The molecular formula is C6H11NO2. The summed E-state index contributed by atoms with van der Waals surface area (Å²) in [5.41, 5.74) is 0. The van der Waals surface area contributed by atoms with Gasteiger partial charge in [-0.1, -0.05) is 0 Å². The lowest BCUT2D eigenvalue weighted by molar-refractivity contribution is -0.139. The lowest BCUT2D eigenvalue weighted by atomic mass is 10.2. The molecule has 1 fully saturated rings. The summed E-state index contributed by atoms with van der Waals surface area (Å²) in [6.45, 7) is 0. The third-order valence-corrected chi connectivity index (χ3v) is 1.67. The zero-order valence-electron chi connectivity index (χ0n) is 5.42. The monoisotopic (exact) mass is 129 g/mol. The fourth-order valence-corrected chi connectivity index (χ4v) is 0.990. The van der Waals surface area contributed by atoms with Gasteiger partial charge in [-0.2, -0.15) is 0 Å². The van der Waals surface area contributed by atoms with Gasteiger partial charge in [0.15, 0.2) is 0 Å². The molecular weight excluding hydrogens is 118 g/mol. The molecule has 0 aromatic rings. The molecule has 1 aliphatic carbocycles. The van der Waals surface area contributed by atoms with E-state index in [2.05, 4.69) is 5.32 Å². The van der Waals surface area contributed by atoms with Gasteiger partial charge < -0.3 is 10.4 Å². The second-order valence-corrected chi connectivity index (χ2v) is 2.44. The van der Waals surface area contributed by atoms with Crippen molar-refractivity contribution in [3.63, 3.8) is 0 Å². The van der Waals surface area contributed by atoms with Crippen molar-refractivity contribution >= 4 is 5.97 Å². The summed E-state index contributed by atoms with van der Waals surface area (Å²) in [5, 5.41) is 11.3. The van der Waals surface area contributed by atoms with Crippen molar-refractivity contribution in [1.29, 1.82) is 0 Å². The summed E-state index contributed by atoms with van der Waals surface area (Å²) in [7, 11) is 1.69. The Balaban J connectivity index is 2.37. The second-order valence-electron chi connectivity index (χ2n) is 2.44. The first-order chi connectivity index (χ1) is 4.25. The normalized spacial score (nSPS) is 21.4. The molecule has 3 heteroatoms. The van der Waals surface area contributed by atoms with Crippen LogP contribution in [0.1, 0.15) is 12.8 Å². The van der Waals surface area contributed by atoms with Crippen molar-refractivity contribution < 1.29 is 9.90 Å². The maximum absolute atomic E-state index is 10.3. The molecule has 0 amide bonds. The summed E-state index contributed by atoms with van der Waals surface area (Å²) in [5.74, 6) is -0.326. The van der Waals surface area contributed by atoms with E-state index in [1.165, 1.54) is 0 Å². The SMILES string of the molecule is CN[C@H](C(=O)O)C1CC1. The Labute approximate surface area is 54.1 Å². The van der Waals surface area contributed by atoms with Crippen LogP contribution >= 0.6 is 0 Å². The highest BCUT2D eigenvalue weighted by molar-refractivity contribution is 5.74. The molecule has 1 aliphatic rings. The van der Waals surface area contributed by atoms with Crippen LogP contribution in [0.2, 0.25) is 0 Å². The smallest absolute Gasteiger partial charge is 0.320 e. The Bertz CT molecular complexity index is 120. The topological polar surface area (TPSA) is 49.3 Å². The molecule has 0 heterocycles. The number of likely N-dealkylation sites (N-methyl/N-ethyl adjacent to an activating group) is 1. The fourth-order valence-electron chi connectivity index (χ4n) is 0.990. The van der Waals surface area contributed by atoms with Gasteiger partial charge in [0.2, 0.25) is 0 Å². The van der Waals surface area contributed by atoms with Crippen molar-refractivity contribution in [2.24, 2.45) is 5.92 Å². The average Bonchev–Trinajstić information content (AvgIpc) is 2.50. The highest BCUT2D eigenvalue weighted by atomic mass is 16.4. The third kappa shape index (κ3) is 1.42. The average molecular weight is 129 g/mol. The number of nitrogens with one attached hydrogen (secondary N) is 1. The van der Waals surface area contributed by atoms with Crippen LogP contribution in [-0.4, -0.2) is 24.2 Å². The maximum Gasteiger partial charge on any atom is 0.320 e. The Morgan fingerprint density at radius 1 is 1.78 bits per heavy atom. The third-order valence-electron chi connectivity index (χ3n) is 1.67. The largest absolute Gasteiger partial charge is 0.480 e. The Hall–Kier alpha value is -0.570. The number of hydrogen-bond donors (Lipinski definition) is 2. The lowest BCUT2D eigenvalue weighted by Crippen LogP contribution is -2.35. The number of aliphatic carboxylic acids is 1. The number of carbonyl (C=O) groups is 1. The van der Waals surface area contributed by atoms with Crippen molar-refractivity contribution in [2.45, 2.75) is 18.9 Å². The molecule has 52 valence electrons. The van der Waals surface area contributed by atoms with Crippen LogP contribution in [0.4, 0.5) is 0 Å². The van der Waals surface area contributed by atoms with E-state index in [9.17, 15) is 4.79 Å². The lowest BCUT2D eigenvalue weighted by Gasteiger charge is -2.07. The van der Waals surface area contributed by atoms with Gasteiger partial charge >= 0.3 is 5.97 Å². The molecule has 0 spiro atoms. The zero-order valence-corrected chi connectivity index (χ0v) is 5.42. The van der Waals surface area contributed by atoms with E-state index < -0.39 is 5.97 Å². The van der Waals surface area contributed by atoms with Gasteiger partial charge in [-0.3, -0.25) is 4.79 Å². The van der Waals surface area contributed by atoms with Gasteiger partial charge in [0, 0.05) is 0 Å². The summed E-state index contributed by atoms with van der Waals surface area (Å²) < 4.78 is 0. The number of carboxylic acid groups (broad SMARTS) is 1. The predicted molar refractivity (Wildman–Crippen MR) is 33.2 cm³/mol. The molecule has 1 rings (SSSR count). The van der Waals surface area contributed by atoms with Crippen LogP contribution in [0.3, 0.4) is 0 Å².